The van der Waals surface area contributed by atoms with Crippen molar-refractivity contribution in [3.05, 3.63) is 29.6 Å². The van der Waals surface area contributed by atoms with Gasteiger partial charge in [-0.15, -0.1) is 0 Å². The third-order valence-electron chi connectivity index (χ3n) is 3.46. The second kappa shape index (κ2) is 6.62. The van der Waals surface area contributed by atoms with E-state index in [4.69, 9.17) is 0 Å². The van der Waals surface area contributed by atoms with Gasteiger partial charge in [-0.1, -0.05) is 19.9 Å². The molecule has 0 amide bonds. The fourth-order valence-corrected chi connectivity index (χ4v) is 3.40. The van der Waals surface area contributed by atoms with Crippen LogP contribution in [0.4, 0.5) is 10.1 Å². The van der Waals surface area contributed by atoms with Crippen LogP contribution in [-0.4, -0.2) is 30.1 Å². The van der Waals surface area contributed by atoms with E-state index in [2.05, 4.69) is 31.0 Å². The molecule has 0 saturated carbocycles. The van der Waals surface area contributed by atoms with Crippen molar-refractivity contribution >= 4 is 17.4 Å². The highest BCUT2D eigenvalue weighted by molar-refractivity contribution is 7.99. The summed E-state index contributed by atoms with van der Waals surface area (Å²) in [7, 11) is 0. The van der Waals surface area contributed by atoms with E-state index in [0.29, 0.717) is 18.6 Å². The average Bonchev–Trinajstić information content (AvgIpc) is 2.37. The van der Waals surface area contributed by atoms with Crippen molar-refractivity contribution in [2.24, 2.45) is 0 Å². The zero-order valence-corrected chi connectivity index (χ0v) is 12.8. The summed E-state index contributed by atoms with van der Waals surface area (Å²) in [4.78, 5) is 2.34. The second-order valence-corrected chi connectivity index (χ2v) is 6.54. The average molecular weight is 282 g/mol. The van der Waals surface area contributed by atoms with Gasteiger partial charge in [0.25, 0.3) is 0 Å². The molecule has 0 aliphatic carbocycles. The first-order valence-electron chi connectivity index (χ1n) is 6.94. The minimum absolute atomic E-state index is 0.101. The van der Waals surface area contributed by atoms with Crippen LogP contribution in [0.2, 0.25) is 0 Å². The van der Waals surface area contributed by atoms with Crippen molar-refractivity contribution in [3.8, 4) is 0 Å². The molecule has 1 atom stereocenters. The molecule has 4 heteroatoms. The van der Waals surface area contributed by atoms with Crippen molar-refractivity contribution in [3.63, 3.8) is 0 Å². The summed E-state index contributed by atoms with van der Waals surface area (Å²) in [6, 6.07) is 6.26. The maximum Gasteiger partial charge on any atom is 0.129 e. The minimum Gasteiger partial charge on any atom is -0.367 e. The molecule has 1 unspecified atom stereocenters. The molecule has 1 aliphatic rings. The van der Waals surface area contributed by atoms with Gasteiger partial charge in [0.15, 0.2) is 0 Å². The number of nitrogens with one attached hydrogen (secondary N) is 1. The molecule has 0 aromatic heterocycles. The lowest BCUT2D eigenvalue weighted by Gasteiger charge is -2.36. The molecule has 19 heavy (non-hydrogen) atoms. The zero-order chi connectivity index (χ0) is 13.8. The molecule has 1 aromatic carbocycles. The SMILES string of the molecule is CC(C)NCc1c(F)cccc1N1CCSCC1C. The highest BCUT2D eigenvalue weighted by atomic mass is 32.2. The van der Waals surface area contributed by atoms with Crippen LogP contribution in [0.15, 0.2) is 18.2 Å². The Morgan fingerprint density at radius 2 is 2.26 bits per heavy atom. The van der Waals surface area contributed by atoms with Crippen molar-refractivity contribution in [2.45, 2.75) is 39.4 Å². The van der Waals surface area contributed by atoms with Gasteiger partial charge >= 0.3 is 0 Å². The number of nitrogens with zero attached hydrogens (tertiary/aromatic N) is 1. The standard InChI is InChI=1S/C15H23FN2S/c1-11(2)17-9-13-14(16)5-4-6-15(13)18-7-8-19-10-12(18)3/h4-6,11-12,17H,7-10H2,1-3H3. The number of hydrogen-bond donors (Lipinski definition) is 1. The summed E-state index contributed by atoms with van der Waals surface area (Å²) in [6.07, 6.45) is 0. The van der Waals surface area contributed by atoms with Gasteiger partial charge in [0, 0.05) is 47.9 Å². The Bertz CT molecular complexity index is 423. The molecule has 2 nitrogen and oxygen atoms in total. The van der Waals surface area contributed by atoms with E-state index in [1.165, 1.54) is 0 Å². The molecule has 1 aromatic rings. The van der Waals surface area contributed by atoms with Crippen molar-refractivity contribution < 1.29 is 4.39 Å². The molecule has 106 valence electrons. The maximum absolute atomic E-state index is 14.1. The van der Waals surface area contributed by atoms with Crippen LogP contribution in [0.1, 0.15) is 26.3 Å². The highest BCUT2D eigenvalue weighted by Crippen LogP contribution is 2.28. The molecule has 0 bridgehead atoms. The Labute approximate surface area is 119 Å². The van der Waals surface area contributed by atoms with E-state index in [1.54, 1.807) is 6.07 Å². The lowest BCUT2D eigenvalue weighted by molar-refractivity contribution is 0.550. The van der Waals surface area contributed by atoms with Gasteiger partial charge in [-0.3, -0.25) is 0 Å². The quantitative estimate of drug-likeness (QED) is 0.912. The minimum atomic E-state index is -0.101. The lowest BCUT2D eigenvalue weighted by Crippen LogP contribution is -2.41. The Balaban J connectivity index is 2.25. The molecular formula is C15H23FN2S. The van der Waals surface area contributed by atoms with E-state index < -0.39 is 0 Å². The van der Waals surface area contributed by atoms with E-state index >= 15 is 0 Å². The monoisotopic (exact) mass is 282 g/mol. The topological polar surface area (TPSA) is 15.3 Å². The summed E-state index contributed by atoms with van der Waals surface area (Å²) < 4.78 is 14.1. The van der Waals surface area contributed by atoms with Crippen LogP contribution < -0.4 is 10.2 Å². The predicted octanol–water partition coefficient (Wildman–Crippen LogP) is 3.27. The number of thioether (sulfide) groups is 1. The number of hydrogen-bond acceptors (Lipinski definition) is 3. The number of rotatable bonds is 4. The molecular weight excluding hydrogens is 259 g/mol. The van der Waals surface area contributed by atoms with Crippen molar-refractivity contribution in [1.29, 1.82) is 0 Å². The molecule has 1 saturated heterocycles. The number of anilines is 1. The summed E-state index contributed by atoms with van der Waals surface area (Å²) in [5, 5.41) is 3.33. The van der Waals surface area contributed by atoms with Gasteiger partial charge in [-0.2, -0.15) is 11.8 Å². The van der Waals surface area contributed by atoms with Crippen LogP contribution in [0, 0.1) is 5.82 Å². The molecule has 0 radical (unpaired) electrons. The molecule has 1 fully saturated rings. The van der Waals surface area contributed by atoms with Crippen LogP contribution in [-0.2, 0) is 6.54 Å². The Morgan fingerprint density at radius 1 is 1.47 bits per heavy atom. The van der Waals surface area contributed by atoms with Crippen LogP contribution in [0.25, 0.3) is 0 Å². The number of halogens is 1. The van der Waals surface area contributed by atoms with Crippen LogP contribution in [0.3, 0.4) is 0 Å². The lowest BCUT2D eigenvalue weighted by atomic mass is 10.1. The molecule has 2 rings (SSSR count). The predicted molar refractivity (Wildman–Crippen MR) is 82.5 cm³/mol. The van der Waals surface area contributed by atoms with E-state index in [-0.39, 0.29) is 5.82 Å². The first-order chi connectivity index (χ1) is 9.09. The van der Waals surface area contributed by atoms with Gasteiger partial charge in [0.1, 0.15) is 5.82 Å². The third-order valence-corrected chi connectivity index (χ3v) is 4.65. The van der Waals surface area contributed by atoms with Crippen LogP contribution >= 0.6 is 11.8 Å². The normalized spacial score (nSPS) is 20.1. The molecule has 0 spiro atoms. The second-order valence-electron chi connectivity index (χ2n) is 5.39. The molecule has 1 N–H and O–H groups in total. The Hall–Kier alpha value is -0.740. The summed E-state index contributed by atoms with van der Waals surface area (Å²) in [5.74, 6) is 2.14. The summed E-state index contributed by atoms with van der Waals surface area (Å²) >= 11 is 1.98. The first kappa shape index (κ1) is 14.7. The largest absolute Gasteiger partial charge is 0.367 e. The van der Waals surface area contributed by atoms with Gasteiger partial charge in [0.05, 0.1) is 0 Å². The number of benzene rings is 1. The molecule has 1 aliphatic heterocycles. The van der Waals surface area contributed by atoms with Gasteiger partial charge < -0.3 is 10.2 Å². The van der Waals surface area contributed by atoms with E-state index in [0.717, 1.165) is 29.3 Å². The van der Waals surface area contributed by atoms with Gasteiger partial charge in [0.2, 0.25) is 0 Å². The summed E-state index contributed by atoms with van der Waals surface area (Å²) in [5.41, 5.74) is 1.86. The Kier molecular flexibility index (Phi) is 5.11. The van der Waals surface area contributed by atoms with Crippen LogP contribution in [0.5, 0.6) is 0 Å². The van der Waals surface area contributed by atoms with Gasteiger partial charge in [-0.05, 0) is 19.1 Å². The third kappa shape index (κ3) is 3.63. The maximum atomic E-state index is 14.1. The van der Waals surface area contributed by atoms with Gasteiger partial charge in [-0.25, -0.2) is 4.39 Å². The highest BCUT2D eigenvalue weighted by Gasteiger charge is 2.22. The van der Waals surface area contributed by atoms with Crippen molar-refractivity contribution in [2.75, 3.05) is 23.0 Å². The smallest absolute Gasteiger partial charge is 0.129 e. The zero-order valence-electron chi connectivity index (χ0n) is 11.9. The van der Waals surface area contributed by atoms with E-state index in [1.807, 2.05) is 23.9 Å². The molecule has 1 heterocycles. The van der Waals surface area contributed by atoms with Crippen molar-refractivity contribution in [1.82, 2.24) is 5.32 Å². The summed E-state index contributed by atoms with van der Waals surface area (Å²) in [6.45, 7) is 7.98. The fraction of sp³-hybridized carbons (Fsp3) is 0.600. The first-order valence-corrected chi connectivity index (χ1v) is 8.10. The fourth-order valence-electron chi connectivity index (χ4n) is 2.38. The Morgan fingerprint density at radius 3 is 2.95 bits per heavy atom. The van der Waals surface area contributed by atoms with E-state index in [9.17, 15) is 4.39 Å².